The highest BCUT2D eigenvalue weighted by molar-refractivity contribution is 5.64. The van der Waals surface area contributed by atoms with Crippen LogP contribution in [0.5, 0.6) is 0 Å². The molecular weight excluding hydrogens is 260 g/mol. The van der Waals surface area contributed by atoms with Gasteiger partial charge in [-0.1, -0.05) is 12.0 Å². The first kappa shape index (κ1) is 15.4. The quantitative estimate of drug-likeness (QED) is 0.754. The maximum atomic E-state index is 10.5. The largest absolute Gasteiger partial charge is 0.449 e. The van der Waals surface area contributed by atoms with Crippen molar-refractivity contribution in [2.45, 2.75) is 12.8 Å². The summed E-state index contributed by atoms with van der Waals surface area (Å²) in [6, 6.07) is 5.54. The Balaban J connectivity index is 2.67. The Morgan fingerprint density at radius 2 is 1.45 bits per heavy atom. The van der Waals surface area contributed by atoms with E-state index in [0.717, 1.165) is 11.1 Å². The van der Waals surface area contributed by atoms with Crippen LogP contribution in [0, 0.1) is 12.3 Å². The first-order valence-corrected chi connectivity index (χ1v) is 5.95. The average Bonchev–Trinajstić information content (AvgIpc) is 2.37. The van der Waals surface area contributed by atoms with Gasteiger partial charge in [0, 0.05) is 18.4 Å². The van der Waals surface area contributed by atoms with Crippen LogP contribution in [0.2, 0.25) is 0 Å². The molecule has 0 saturated carbocycles. The number of primary amides is 2. The van der Waals surface area contributed by atoms with Crippen molar-refractivity contribution in [3.05, 3.63) is 34.9 Å². The van der Waals surface area contributed by atoms with Crippen molar-refractivity contribution < 1.29 is 19.1 Å². The van der Waals surface area contributed by atoms with Gasteiger partial charge in [-0.2, -0.15) is 0 Å². The van der Waals surface area contributed by atoms with E-state index in [9.17, 15) is 9.59 Å². The second-order valence-electron chi connectivity index (χ2n) is 4.02. The average molecular weight is 276 g/mol. The summed E-state index contributed by atoms with van der Waals surface area (Å²) in [5, 5.41) is 0. The van der Waals surface area contributed by atoms with E-state index in [0.29, 0.717) is 18.4 Å². The third-order valence-electron chi connectivity index (χ3n) is 2.49. The van der Waals surface area contributed by atoms with Gasteiger partial charge in [-0.05, 0) is 23.3 Å². The van der Waals surface area contributed by atoms with Crippen molar-refractivity contribution in [2.75, 3.05) is 13.2 Å². The van der Waals surface area contributed by atoms with E-state index in [1.165, 1.54) is 0 Å². The molecule has 0 radical (unpaired) electrons. The number of nitrogens with two attached hydrogens (primary N) is 2. The SMILES string of the molecule is C#Cc1cc(CCOC(N)=O)cc(CCOC(N)=O)c1. The first-order chi connectivity index (χ1) is 9.51. The molecule has 0 aliphatic rings. The van der Waals surface area contributed by atoms with Gasteiger partial charge >= 0.3 is 12.2 Å². The summed E-state index contributed by atoms with van der Waals surface area (Å²) in [7, 11) is 0. The Morgan fingerprint density at radius 3 is 1.80 bits per heavy atom. The summed E-state index contributed by atoms with van der Waals surface area (Å²) < 4.78 is 9.35. The molecule has 0 aliphatic heterocycles. The molecule has 1 aromatic rings. The summed E-state index contributed by atoms with van der Waals surface area (Å²) in [6.45, 7) is 0.362. The minimum Gasteiger partial charge on any atom is -0.449 e. The van der Waals surface area contributed by atoms with Crippen LogP contribution in [0.1, 0.15) is 16.7 Å². The zero-order chi connectivity index (χ0) is 15.0. The van der Waals surface area contributed by atoms with Gasteiger partial charge in [-0.3, -0.25) is 0 Å². The van der Waals surface area contributed by atoms with Crippen molar-refractivity contribution in [2.24, 2.45) is 11.5 Å². The van der Waals surface area contributed by atoms with Crippen LogP contribution < -0.4 is 11.5 Å². The van der Waals surface area contributed by atoms with Crippen LogP contribution in [0.15, 0.2) is 18.2 Å². The van der Waals surface area contributed by atoms with E-state index in [-0.39, 0.29) is 13.2 Å². The lowest BCUT2D eigenvalue weighted by molar-refractivity contribution is 0.157. The number of rotatable bonds is 6. The van der Waals surface area contributed by atoms with Gasteiger partial charge in [0.1, 0.15) is 0 Å². The van der Waals surface area contributed by atoms with Crippen molar-refractivity contribution in [1.29, 1.82) is 0 Å². The van der Waals surface area contributed by atoms with Crippen LogP contribution >= 0.6 is 0 Å². The Kier molecular flexibility index (Phi) is 5.91. The summed E-state index contributed by atoms with van der Waals surface area (Å²) in [5.41, 5.74) is 12.3. The van der Waals surface area contributed by atoms with Crippen molar-refractivity contribution in [3.8, 4) is 12.3 Å². The maximum Gasteiger partial charge on any atom is 0.404 e. The zero-order valence-electron chi connectivity index (χ0n) is 10.9. The summed E-state index contributed by atoms with van der Waals surface area (Å²) >= 11 is 0. The number of ether oxygens (including phenoxy) is 2. The van der Waals surface area contributed by atoms with Crippen LogP contribution in [0.3, 0.4) is 0 Å². The Morgan fingerprint density at radius 1 is 1.00 bits per heavy atom. The zero-order valence-corrected chi connectivity index (χ0v) is 10.9. The third kappa shape index (κ3) is 5.78. The van der Waals surface area contributed by atoms with Gasteiger partial charge in [0.15, 0.2) is 0 Å². The molecule has 4 N–H and O–H groups in total. The monoisotopic (exact) mass is 276 g/mol. The van der Waals surface area contributed by atoms with Gasteiger partial charge in [0.05, 0.1) is 13.2 Å². The van der Waals surface area contributed by atoms with Crippen LogP contribution in [-0.2, 0) is 22.3 Å². The second-order valence-corrected chi connectivity index (χ2v) is 4.02. The fraction of sp³-hybridized carbons (Fsp3) is 0.286. The molecule has 6 heteroatoms. The van der Waals surface area contributed by atoms with Gasteiger partial charge < -0.3 is 20.9 Å². The van der Waals surface area contributed by atoms with Crippen molar-refractivity contribution in [1.82, 2.24) is 0 Å². The predicted molar refractivity (Wildman–Crippen MR) is 72.9 cm³/mol. The number of carbonyl (C=O) groups excluding carboxylic acids is 2. The van der Waals surface area contributed by atoms with Crippen molar-refractivity contribution >= 4 is 12.2 Å². The Labute approximate surface area is 117 Å². The maximum absolute atomic E-state index is 10.5. The number of amides is 2. The number of hydrogen-bond acceptors (Lipinski definition) is 4. The highest BCUT2D eigenvalue weighted by Crippen LogP contribution is 2.12. The van der Waals surface area contributed by atoms with E-state index in [1.807, 2.05) is 18.2 Å². The van der Waals surface area contributed by atoms with Gasteiger partial charge in [0.25, 0.3) is 0 Å². The number of hydrogen-bond donors (Lipinski definition) is 2. The van der Waals surface area contributed by atoms with E-state index < -0.39 is 12.2 Å². The molecule has 2 amide bonds. The number of benzene rings is 1. The van der Waals surface area contributed by atoms with Crippen LogP contribution in [-0.4, -0.2) is 25.4 Å². The lowest BCUT2D eigenvalue weighted by atomic mass is 10.0. The minimum absolute atomic E-state index is 0.181. The molecule has 1 aromatic carbocycles. The second kappa shape index (κ2) is 7.69. The fourth-order valence-electron chi connectivity index (χ4n) is 1.67. The number of carbonyl (C=O) groups is 2. The molecule has 106 valence electrons. The van der Waals surface area contributed by atoms with E-state index in [2.05, 4.69) is 15.4 Å². The normalized spacial score (nSPS) is 9.55. The molecule has 0 saturated heterocycles. The first-order valence-electron chi connectivity index (χ1n) is 5.95. The standard InChI is InChI=1S/C14H16N2O4/c1-2-10-7-11(3-5-19-13(15)17)9-12(8-10)4-6-20-14(16)18/h1,7-9H,3-6H2,(H2,15,17)(H2,16,18). The molecule has 0 spiro atoms. The fourth-order valence-corrected chi connectivity index (χ4v) is 1.67. The molecule has 0 aliphatic carbocycles. The van der Waals surface area contributed by atoms with Crippen LogP contribution in [0.25, 0.3) is 0 Å². The Bertz CT molecular complexity index is 496. The van der Waals surface area contributed by atoms with E-state index in [1.54, 1.807) is 0 Å². The van der Waals surface area contributed by atoms with Gasteiger partial charge in [0.2, 0.25) is 0 Å². The molecule has 0 atom stereocenters. The topological polar surface area (TPSA) is 105 Å². The molecule has 1 rings (SSSR count). The molecule has 0 unspecified atom stereocenters. The predicted octanol–water partition coefficient (Wildman–Crippen LogP) is 0.944. The lowest BCUT2D eigenvalue weighted by Gasteiger charge is -2.07. The molecular formula is C14H16N2O4. The lowest BCUT2D eigenvalue weighted by Crippen LogP contribution is -2.15. The minimum atomic E-state index is -0.812. The van der Waals surface area contributed by atoms with E-state index in [4.69, 9.17) is 17.9 Å². The smallest absolute Gasteiger partial charge is 0.404 e. The summed E-state index contributed by atoms with van der Waals surface area (Å²) in [4.78, 5) is 21.0. The van der Waals surface area contributed by atoms with Crippen molar-refractivity contribution in [3.63, 3.8) is 0 Å². The van der Waals surface area contributed by atoms with Gasteiger partial charge in [-0.15, -0.1) is 6.42 Å². The summed E-state index contributed by atoms with van der Waals surface area (Å²) in [5.74, 6) is 2.54. The molecule has 0 heterocycles. The van der Waals surface area contributed by atoms with Gasteiger partial charge in [-0.25, -0.2) is 9.59 Å². The van der Waals surface area contributed by atoms with Crippen LogP contribution in [0.4, 0.5) is 9.59 Å². The Hall–Kier alpha value is -2.68. The summed E-state index contributed by atoms with van der Waals surface area (Å²) in [6.07, 6.45) is 4.76. The molecule has 0 aromatic heterocycles. The molecule has 6 nitrogen and oxygen atoms in total. The third-order valence-corrected chi connectivity index (χ3v) is 2.49. The molecule has 0 bridgehead atoms. The number of terminal acetylenes is 1. The van der Waals surface area contributed by atoms with E-state index >= 15 is 0 Å². The molecule has 0 fully saturated rings. The highest BCUT2D eigenvalue weighted by Gasteiger charge is 2.03. The molecule has 20 heavy (non-hydrogen) atoms. The highest BCUT2D eigenvalue weighted by atomic mass is 16.5.